The highest BCUT2D eigenvalue weighted by atomic mass is 16.6. The maximum Gasteiger partial charge on any atom is 0.247 e. The van der Waals surface area contributed by atoms with Gasteiger partial charge in [0.05, 0.1) is 18.6 Å². The first-order valence-corrected chi connectivity index (χ1v) is 9.39. The molecule has 0 saturated carbocycles. The fraction of sp³-hybridized carbons (Fsp3) is 0.368. The number of rotatable bonds is 5. The van der Waals surface area contributed by atoms with Crippen molar-refractivity contribution in [2.45, 2.75) is 38.4 Å². The van der Waals surface area contributed by atoms with Gasteiger partial charge in [0.25, 0.3) is 0 Å². The second-order valence-electron chi connectivity index (χ2n) is 7.16. The van der Waals surface area contributed by atoms with Gasteiger partial charge in [-0.25, -0.2) is 10.4 Å². The van der Waals surface area contributed by atoms with Crippen molar-refractivity contribution < 1.29 is 20.1 Å². The number of benzene rings is 1. The summed E-state index contributed by atoms with van der Waals surface area (Å²) < 4.78 is 7.00. The lowest BCUT2D eigenvalue weighted by Gasteiger charge is -2.16. The summed E-state index contributed by atoms with van der Waals surface area (Å²) in [4.78, 5) is 12.7. The SMILES string of the molecule is C/C(=N/Nc1nc(N)c2ncn([C@@H]3O[C@H](CO)[C@@H](O)[C@H]3O)c2n1)c1ccc(C)cc1. The van der Waals surface area contributed by atoms with Gasteiger partial charge in [-0.15, -0.1) is 0 Å². The Morgan fingerprint density at radius 3 is 2.63 bits per heavy atom. The standard InChI is InChI=1S/C19H23N7O4/c1-9-3-5-11(6-4-9)10(2)24-25-19-22-16(20)13-17(23-19)26(8-21-13)18-15(29)14(28)12(7-27)30-18/h3-6,8,12,14-15,18,27-29H,7H2,1-2H3,(H3,20,22,23,25)/b24-10-/t12-,14-,15-,18-/m1/s1. The molecule has 0 aliphatic carbocycles. The largest absolute Gasteiger partial charge is 0.394 e. The zero-order valence-corrected chi connectivity index (χ0v) is 16.5. The number of hydrogen-bond acceptors (Lipinski definition) is 10. The van der Waals surface area contributed by atoms with Crippen LogP contribution in [0, 0.1) is 6.92 Å². The number of fused-ring (bicyclic) bond motifs is 1. The molecule has 1 aliphatic rings. The number of ether oxygens (including phenoxy) is 1. The molecule has 11 nitrogen and oxygen atoms in total. The predicted octanol–water partition coefficient (Wildman–Crippen LogP) is 0.165. The molecule has 1 fully saturated rings. The number of nitrogens with two attached hydrogens (primary N) is 1. The fourth-order valence-electron chi connectivity index (χ4n) is 3.28. The fourth-order valence-corrected chi connectivity index (χ4v) is 3.28. The summed E-state index contributed by atoms with van der Waals surface area (Å²) in [6.45, 7) is 3.43. The number of aromatic nitrogens is 4. The molecule has 30 heavy (non-hydrogen) atoms. The maximum absolute atomic E-state index is 10.3. The average Bonchev–Trinajstić information content (AvgIpc) is 3.28. The van der Waals surface area contributed by atoms with Crippen molar-refractivity contribution in [3.05, 3.63) is 41.7 Å². The van der Waals surface area contributed by atoms with Crippen LogP contribution in [0.1, 0.15) is 24.3 Å². The first-order chi connectivity index (χ1) is 14.4. The van der Waals surface area contributed by atoms with Crippen LogP contribution >= 0.6 is 0 Å². The highest BCUT2D eigenvalue weighted by Crippen LogP contribution is 2.32. The van der Waals surface area contributed by atoms with Crippen LogP contribution in [0.25, 0.3) is 11.2 Å². The van der Waals surface area contributed by atoms with Crippen LogP contribution in [0.15, 0.2) is 35.7 Å². The number of imidazole rings is 1. The van der Waals surface area contributed by atoms with Crippen molar-refractivity contribution >= 4 is 28.6 Å². The molecule has 4 atom stereocenters. The summed E-state index contributed by atoms with van der Waals surface area (Å²) in [6.07, 6.45) is -3.02. The molecule has 1 aromatic carbocycles. The number of nitrogens with one attached hydrogen (secondary N) is 1. The lowest BCUT2D eigenvalue weighted by molar-refractivity contribution is -0.0511. The molecule has 0 bridgehead atoms. The van der Waals surface area contributed by atoms with E-state index >= 15 is 0 Å². The average molecular weight is 413 g/mol. The Hall–Kier alpha value is -3.12. The number of aryl methyl sites for hydroxylation is 1. The van der Waals surface area contributed by atoms with E-state index in [1.807, 2.05) is 38.1 Å². The van der Waals surface area contributed by atoms with Gasteiger partial charge < -0.3 is 25.8 Å². The van der Waals surface area contributed by atoms with E-state index in [0.29, 0.717) is 11.2 Å². The quantitative estimate of drug-likeness (QED) is 0.289. The summed E-state index contributed by atoms with van der Waals surface area (Å²) in [5.41, 5.74) is 12.2. The number of nitrogen functional groups attached to an aromatic ring is 1. The molecule has 1 saturated heterocycles. The molecule has 0 radical (unpaired) electrons. The summed E-state index contributed by atoms with van der Waals surface area (Å²) in [6, 6.07) is 7.92. The first-order valence-electron chi connectivity index (χ1n) is 9.39. The molecule has 0 spiro atoms. The molecule has 2 aromatic heterocycles. The van der Waals surface area contributed by atoms with Gasteiger partial charge in [0, 0.05) is 0 Å². The van der Waals surface area contributed by atoms with Crippen molar-refractivity contribution in [1.82, 2.24) is 19.5 Å². The highest BCUT2D eigenvalue weighted by Gasteiger charge is 2.44. The van der Waals surface area contributed by atoms with E-state index in [2.05, 4.69) is 25.5 Å². The van der Waals surface area contributed by atoms with Crippen LogP contribution < -0.4 is 11.2 Å². The Bertz CT molecular complexity index is 1080. The highest BCUT2D eigenvalue weighted by molar-refractivity contribution is 5.99. The van der Waals surface area contributed by atoms with E-state index < -0.39 is 31.1 Å². The monoisotopic (exact) mass is 413 g/mol. The van der Waals surface area contributed by atoms with Gasteiger partial charge in [-0.05, 0) is 19.4 Å². The van der Waals surface area contributed by atoms with Gasteiger partial charge in [-0.1, -0.05) is 29.8 Å². The third-order valence-corrected chi connectivity index (χ3v) is 5.03. The van der Waals surface area contributed by atoms with Crippen molar-refractivity contribution in [2.75, 3.05) is 17.8 Å². The molecule has 3 heterocycles. The van der Waals surface area contributed by atoms with Gasteiger partial charge in [0.2, 0.25) is 5.95 Å². The summed E-state index contributed by atoms with van der Waals surface area (Å²) >= 11 is 0. The molecule has 158 valence electrons. The lowest BCUT2D eigenvalue weighted by atomic mass is 10.1. The second kappa shape index (κ2) is 7.95. The van der Waals surface area contributed by atoms with Crippen LogP contribution in [0.2, 0.25) is 0 Å². The van der Waals surface area contributed by atoms with Crippen LogP contribution in [-0.2, 0) is 4.74 Å². The molecule has 6 N–H and O–H groups in total. The second-order valence-corrected chi connectivity index (χ2v) is 7.16. The van der Waals surface area contributed by atoms with E-state index in [4.69, 9.17) is 10.5 Å². The minimum Gasteiger partial charge on any atom is -0.394 e. The molecule has 1 aliphatic heterocycles. The molecular formula is C19H23N7O4. The first kappa shape index (κ1) is 20.2. The maximum atomic E-state index is 10.3. The van der Waals surface area contributed by atoms with Crippen molar-refractivity contribution in [1.29, 1.82) is 0 Å². The molecule has 11 heteroatoms. The summed E-state index contributed by atoms with van der Waals surface area (Å²) in [7, 11) is 0. The van der Waals surface area contributed by atoms with Gasteiger partial charge in [-0.3, -0.25) is 4.57 Å². The van der Waals surface area contributed by atoms with E-state index in [1.165, 1.54) is 10.9 Å². The number of anilines is 2. The van der Waals surface area contributed by atoms with E-state index in [9.17, 15) is 15.3 Å². The minimum absolute atomic E-state index is 0.121. The number of hydrazone groups is 1. The van der Waals surface area contributed by atoms with Crippen molar-refractivity contribution in [2.24, 2.45) is 5.10 Å². The van der Waals surface area contributed by atoms with Crippen molar-refractivity contribution in [3.8, 4) is 0 Å². The number of hydrogen-bond donors (Lipinski definition) is 5. The lowest BCUT2D eigenvalue weighted by Crippen LogP contribution is -2.33. The van der Waals surface area contributed by atoms with Crippen LogP contribution in [0.3, 0.4) is 0 Å². The van der Waals surface area contributed by atoms with Gasteiger partial charge >= 0.3 is 0 Å². The summed E-state index contributed by atoms with van der Waals surface area (Å²) in [5, 5.41) is 33.9. The van der Waals surface area contributed by atoms with Gasteiger partial charge in [-0.2, -0.15) is 15.1 Å². The van der Waals surface area contributed by atoms with E-state index in [-0.39, 0.29) is 11.8 Å². The Kier molecular flexibility index (Phi) is 5.35. The van der Waals surface area contributed by atoms with Gasteiger partial charge in [0.15, 0.2) is 17.7 Å². The molecule has 0 unspecified atom stereocenters. The van der Waals surface area contributed by atoms with Crippen molar-refractivity contribution in [3.63, 3.8) is 0 Å². The predicted molar refractivity (Wildman–Crippen MR) is 110 cm³/mol. The third-order valence-electron chi connectivity index (χ3n) is 5.03. The van der Waals surface area contributed by atoms with Crippen LogP contribution in [0.4, 0.5) is 11.8 Å². The number of aliphatic hydroxyl groups is 3. The zero-order chi connectivity index (χ0) is 21.4. The Morgan fingerprint density at radius 1 is 1.23 bits per heavy atom. The minimum atomic E-state index is -1.27. The van der Waals surface area contributed by atoms with Crippen LogP contribution in [-0.4, -0.2) is 65.5 Å². The third kappa shape index (κ3) is 3.59. The smallest absolute Gasteiger partial charge is 0.247 e. The Balaban J connectivity index is 1.64. The topological polar surface area (TPSA) is 164 Å². The zero-order valence-electron chi connectivity index (χ0n) is 16.5. The summed E-state index contributed by atoms with van der Waals surface area (Å²) in [5.74, 6) is 0.260. The van der Waals surface area contributed by atoms with Crippen LogP contribution in [0.5, 0.6) is 0 Å². The number of nitrogens with zero attached hydrogens (tertiary/aromatic N) is 5. The molecule has 0 amide bonds. The Labute approximate surface area is 171 Å². The van der Waals surface area contributed by atoms with Gasteiger partial charge in [0.1, 0.15) is 23.8 Å². The molecular weight excluding hydrogens is 390 g/mol. The Morgan fingerprint density at radius 2 is 1.97 bits per heavy atom. The molecule has 4 rings (SSSR count). The normalized spacial score (nSPS) is 24.5. The van der Waals surface area contributed by atoms with E-state index in [1.54, 1.807) is 0 Å². The number of aliphatic hydroxyl groups excluding tert-OH is 3. The van der Waals surface area contributed by atoms with E-state index in [0.717, 1.165) is 16.8 Å². The molecule has 3 aromatic rings.